The van der Waals surface area contributed by atoms with E-state index < -0.39 is 6.09 Å². The van der Waals surface area contributed by atoms with Gasteiger partial charge in [-0.05, 0) is 41.3 Å². The Balaban J connectivity index is 0.00000441. The zero-order chi connectivity index (χ0) is 27.8. The Morgan fingerprint density at radius 3 is 2.30 bits per heavy atom. The second kappa shape index (κ2) is 14.5. The van der Waals surface area contributed by atoms with E-state index in [1.54, 1.807) is 18.2 Å². The Labute approximate surface area is 253 Å². The highest BCUT2D eigenvalue weighted by molar-refractivity contribution is 5.93. The van der Waals surface area contributed by atoms with Crippen molar-refractivity contribution in [3.05, 3.63) is 77.9 Å². The lowest BCUT2D eigenvalue weighted by Gasteiger charge is -2.36. The first-order chi connectivity index (χ1) is 18.8. The van der Waals surface area contributed by atoms with Gasteiger partial charge >= 0.3 is 6.09 Å². The van der Waals surface area contributed by atoms with Crippen LogP contribution in [0.4, 0.5) is 16.2 Å². The fourth-order valence-electron chi connectivity index (χ4n) is 4.78. The van der Waals surface area contributed by atoms with E-state index in [4.69, 9.17) is 9.47 Å². The van der Waals surface area contributed by atoms with E-state index in [1.165, 1.54) is 7.11 Å². The molecule has 0 saturated carbocycles. The molecule has 1 aliphatic rings. The van der Waals surface area contributed by atoms with Gasteiger partial charge in [0.15, 0.2) is 0 Å². The Morgan fingerprint density at radius 2 is 1.62 bits per heavy atom. The number of aryl methyl sites for hydroxylation is 1. The molecule has 4 rings (SSSR count). The third-order valence-electron chi connectivity index (χ3n) is 7.16. The molecule has 0 spiro atoms. The molecule has 0 aromatic heterocycles. The van der Waals surface area contributed by atoms with Gasteiger partial charge in [0.05, 0.1) is 52.3 Å². The minimum atomic E-state index is -0.460. The predicted octanol–water partition coefficient (Wildman–Crippen LogP) is 2.22. The summed E-state index contributed by atoms with van der Waals surface area (Å²) in [6, 6.07) is 20.9. The van der Waals surface area contributed by atoms with Gasteiger partial charge in [0.2, 0.25) is 5.91 Å². The summed E-state index contributed by atoms with van der Waals surface area (Å²) in [4.78, 5) is 25.6. The third kappa shape index (κ3) is 8.67. The number of likely N-dealkylation sites (tertiary alicyclic amines) is 1. The number of anilines is 2. The van der Waals surface area contributed by atoms with Gasteiger partial charge < -0.3 is 48.4 Å². The van der Waals surface area contributed by atoms with Crippen molar-refractivity contribution in [2.75, 3.05) is 44.9 Å². The number of quaternary nitrogens is 1. The van der Waals surface area contributed by atoms with Crippen molar-refractivity contribution in [1.82, 2.24) is 0 Å². The Hall–Kier alpha value is -3.15. The topological polar surface area (TPSA) is 96.9 Å². The molecule has 3 N–H and O–H groups in total. The summed E-state index contributed by atoms with van der Waals surface area (Å²) < 4.78 is 12.1. The van der Waals surface area contributed by atoms with Crippen LogP contribution in [-0.2, 0) is 22.6 Å². The van der Waals surface area contributed by atoms with Crippen molar-refractivity contribution < 1.29 is 52.6 Å². The number of halogens is 1. The first-order valence-electron chi connectivity index (χ1n) is 13.3. The number of benzene rings is 3. The van der Waals surface area contributed by atoms with Gasteiger partial charge in [-0.25, -0.2) is 4.79 Å². The molecule has 0 unspecified atom stereocenters. The smallest absolute Gasteiger partial charge is 0.411 e. The average molecular weight is 660 g/mol. The zero-order valence-corrected chi connectivity index (χ0v) is 25.4. The molecule has 2 amide bonds. The Bertz CT molecular complexity index is 1290. The molecule has 8 nitrogen and oxygen atoms in total. The average Bonchev–Trinajstić information content (AvgIpc) is 2.94. The molecule has 0 atom stereocenters. The van der Waals surface area contributed by atoms with Crippen molar-refractivity contribution in [3.8, 4) is 16.9 Å². The maximum Gasteiger partial charge on any atom is 0.411 e. The molecule has 3 aromatic carbocycles. The number of nitrogens with zero attached hydrogens (tertiary/aromatic N) is 1. The highest BCUT2D eigenvalue weighted by Crippen LogP contribution is 2.30. The second-order valence-corrected chi connectivity index (χ2v) is 10.6. The molecule has 214 valence electrons. The van der Waals surface area contributed by atoms with Crippen LogP contribution in [0, 0.1) is 0 Å². The first-order valence-corrected chi connectivity index (χ1v) is 13.3. The number of hydrogen-bond acceptors (Lipinski definition) is 5. The number of nitrogens with one attached hydrogen (secondary N) is 2. The molecule has 1 saturated heterocycles. The number of hydrogen-bond donors (Lipinski definition) is 3. The molecule has 9 heteroatoms. The maximum atomic E-state index is 12.9. The summed E-state index contributed by atoms with van der Waals surface area (Å²) in [7, 11) is 5.91. The lowest BCUT2D eigenvalue weighted by molar-refractivity contribution is -0.896. The lowest BCUT2D eigenvalue weighted by Crippen LogP contribution is -3.00. The minimum absolute atomic E-state index is 0. The standard InChI is InChI=1S/C31H37N3O5.HI/c1-34(2)17-15-25(16-18-34)39-31(37)33-28-19-22(9-12-26(28)24-7-5-4-6-8-24)11-14-30(36)32-27-13-10-23(21-35)20-29(27)38-3;/h4-10,12-13,19-20,25,35H,11,14-18,21H2,1-3H3,(H-,32,33,36,37);1H. The fraction of sp³-hybridized carbons (Fsp3) is 0.355. The summed E-state index contributed by atoms with van der Waals surface area (Å²) in [5.41, 5.74) is 4.68. The van der Waals surface area contributed by atoms with Crippen LogP contribution in [0.25, 0.3) is 11.1 Å². The van der Waals surface area contributed by atoms with Crippen LogP contribution in [0.3, 0.4) is 0 Å². The van der Waals surface area contributed by atoms with E-state index in [-0.39, 0.29) is 49.0 Å². The lowest BCUT2D eigenvalue weighted by atomic mass is 9.99. The number of carbonyl (C=O) groups is 2. The molecule has 1 aliphatic heterocycles. The van der Waals surface area contributed by atoms with Crippen molar-refractivity contribution >= 4 is 23.4 Å². The van der Waals surface area contributed by atoms with Crippen LogP contribution in [0.2, 0.25) is 0 Å². The molecule has 1 fully saturated rings. The van der Waals surface area contributed by atoms with Gasteiger partial charge in [0, 0.05) is 24.8 Å². The number of ether oxygens (including phenoxy) is 2. The zero-order valence-electron chi connectivity index (χ0n) is 23.3. The van der Waals surface area contributed by atoms with Crippen molar-refractivity contribution in [1.29, 1.82) is 0 Å². The predicted molar refractivity (Wildman–Crippen MR) is 153 cm³/mol. The Morgan fingerprint density at radius 1 is 0.925 bits per heavy atom. The molecule has 1 heterocycles. The number of methoxy groups -OCH3 is 1. The van der Waals surface area contributed by atoms with Gasteiger partial charge in [-0.2, -0.15) is 0 Å². The van der Waals surface area contributed by atoms with Crippen LogP contribution in [0.5, 0.6) is 5.75 Å². The first kappa shape index (κ1) is 31.4. The number of piperidine rings is 1. The summed E-state index contributed by atoms with van der Waals surface area (Å²) in [6.45, 7) is 1.84. The van der Waals surface area contributed by atoms with Crippen LogP contribution in [-0.4, -0.2) is 62.0 Å². The third-order valence-corrected chi connectivity index (χ3v) is 7.16. The number of carbonyl (C=O) groups excluding carboxylic acids is 2. The van der Waals surface area contributed by atoms with Gasteiger partial charge in [-0.15, -0.1) is 0 Å². The van der Waals surface area contributed by atoms with Crippen LogP contribution in [0.1, 0.15) is 30.4 Å². The molecular formula is C31H38IN3O5. The number of aliphatic hydroxyl groups excluding tert-OH is 1. The van der Waals surface area contributed by atoms with E-state index in [1.807, 2.05) is 48.5 Å². The highest BCUT2D eigenvalue weighted by Gasteiger charge is 2.28. The van der Waals surface area contributed by atoms with E-state index in [0.717, 1.165) is 47.1 Å². The van der Waals surface area contributed by atoms with Crippen LogP contribution in [0.15, 0.2) is 66.7 Å². The number of rotatable bonds is 9. The van der Waals surface area contributed by atoms with E-state index in [0.29, 0.717) is 29.1 Å². The van der Waals surface area contributed by atoms with E-state index in [2.05, 4.69) is 24.7 Å². The summed E-state index contributed by atoms with van der Waals surface area (Å²) in [6.07, 6.45) is 1.86. The quantitative estimate of drug-likeness (QED) is 0.242. The second-order valence-electron chi connectivity index (χ2n) is 10.6. The molecule has 0 aliphatic carbocycles. The van der Waals surface area contributed by atoms with E-state index in [9.17, 15) is 14.7 Å². The molecule has 40 heavy (non-hydrogen) atoms. The van der Waals surface area contributed by atoms with Gasteiger partial charge in [-0.1, -0.05) is 48.5 Å². The molecule has 3 aromatic rings. The normalized spacial score (nSPS) is 14.5. The number of aliphatic hydroxyl groups is 1. The molecule has 0 bridgehead atoms. The van der Waals surface area contributed by atoms with Crippen molar-refractivity contribution in [2.45, 2.75) is 38.4 Å². The fourth-order valence-corrected chi connectivity index (χ4v) is 4.78. The SMILES string of the molecule is COc1cc(CO)ccc1NC(=O)CCc1ccc(-c2ccccc2)c(NC(=O)OC2CC[N+](C)(C)CC2)c1.[I-]. The van der Waals surface area contributed by atoms with Crippen molar-refractivity contribution in [3.63, 3.8) is 0 Å². The minimum Gasteiger partial charge on any atom is -1.00 e. The van der Waals surface area contributed by atoms with Crippen molar-refractivity contribution in [2.24, 2.45) is 0 Å². The van der Waals surface area contributed by atoms with Gasteiger partial charge in [-0.3, -0.25) is 10.1 Å². The monoisotopic (exact) mass is 659 g/mol. The summed E-state index contributed by atoms with van der Waals surface area (Å²) >= 11 is 0. The van der Waals surface area contributed by atoms with Crippen LogP contribution < -0.4 is 39.3 Å². The molecular weight excluding hydrogens is 621 g/mol. The highest BCUT2D eigenvalue weighted by atomic mass is 127. The largest absolute Gasteiger partial charge is 1.00 e. The summed E-state index contributed by atoms with van der Waals surface area (Å²) in [5, 5.41) is 15.2. The Kier molecular flexibility index (Phi) is 11.4. The number of amides is 2. The van der Waals surface area contributed by atoms with Gasteiger partial charge in [0.1, 0.15) is 11.9 Å². The molecule has 0 radical (unpaired) electrons. The van der Waals surface area contributed by atoms with E-state index >= 15 is 0 Å². The maximum absolute atomic E-state index is 12.9. The summed E-state index contributed by atoms with van der Waals surface area (Å²) in [5.74, 6) is 0.331. The van der Waals surface area contributed by atoms with Crippen LogP contribution >= 0.6 is 0 Å². The van der Waals surface area contributed by atoms with Gasteiger partial charge in [0.25, 0.3) is 0 Å².